The Hall–Kier alpha value is -1.32. The molecule has 0 spiro atoms. The van der Waals surface area contributed by atoms with Crippen LogP contribution in [-0.4, -0.2) is 22.6 Å². The summed E-state index contributed by atoms with van der Waals surface area (Å²) in [6, 6.07) is 0.660. The molecule has 1 saturated heterocycles. The lowest BCUT2D eigenvalue weighted by molar-refractivity contribution is 0.341. The van der Waals surface area contributed by atoms with Gasteiger partial charge in [-0.1, -0.05) is 12.8 Å². The van der Waals surface area contributed by atoms with E-state index in [0.29, 0.717) is 11.9 Å². The fraction of sp³-hybridized carbons (Fsp3) is 0.667. The molecule has 2 heterocycles. The monoisotopic (exact) mass is 218 g/mol. The number of fused-ring (bicyclic) bond motifs is 1. The predicted molar refractivity (Wildman–Crippen MR) is 64.2 cm³/mol. The van der Waals surface area contributed by atoms with Crippen LogP contribution in [0.2, 0.25) is 0 Å². The highest BCUT2D eigenvalue weighted by molar-refractivity contribution is 5.58. The number of aromatic nitrogens is 2. The lowest BCUT2D eigenvalue weighted by Gasteiger charge is -2.32. The zero-order valence-electron chi connectivity index (χ0n) is 9.47. The lowest BCUT2D eigenvalue weighted by Crippen LogP contribution is -2.35. The van der Waals surface area contributed by atoms with Crippen LogP contribution in [0.1, 0.15) is 32.1 Å². The Bertz CT molecular complexity index is 379. The zero-order chi connectivity index (χ0) is 11.0. The van der Waals surface area contributed by atoms with E-state index in [4.69, 9.17) is 5.73 Å². The normalized spacial score (nSPS) is 29.1. The molecular formula is C12H18N4. The SMILES string of the molecule is Nc1nccnc1N1CCC2CCCCC21. The second-order valence-electron chi connectivity index (χ2n) is 4.86. The number of anilines is 2. The van der Waals surface area contributed by atoms with Crippen LogP contribution >= 0.6 is 0 Å². The first-order chi connectivity index (χ1) is 7.86. The largest absolute Gasteiger partial charge is 0.381 e. The molecule has 2 unspecified atom stereocenters. The Morgan fingerprint density at radius 2 is 1.94 bits per heavy atom. The summed E-state index contributed by atoms with van der Waals surface area (Å²) >= 11 is 0. The molecular weight excluding hydrogens is 200 g/mol. The molecule has 0 aromatic carbocycles. The summed E-state index contributed by atoms with van der Waals surface area (Å²) in [5.41, 5.74) is 5.91. The second kappa shape index (κ2) is 3.92. The molecule has 1 aromatic heterocycles. The summed E-state index contributed by atoms with van der Waals surface area (Å²) in [6.07, 6.45) is 10.1. The Labute approximate surface area is 95.9 Å². The van der Waals surface area contributed by atoms with Crippen LogP contribution in [0.15, 0.2) is 12.4 Å². The van der Waals surface area contributed by atoms with Crippen molar-refractivity contribution in [3.8, 4) is 0 Å². The van der Waals surface area contributed by atoms with Gasteiger partial charge in [-0.2, -0.15) is 0 Å². The van der Waals surface area contributed by atoms with Crippen LogP contribution in [0.5, 0.6) is 0 Å². The Balaban J connectivity index is 1.88. The number of nitrogens with two attached hydrogens (primary N) is 1. The summed E-state index contributed by atoms with van der Waals surface area (Å²) < 4.78 is 0. The zero-order valence-corrected chi connectivity index (χ0v) is 9.47. The number of hydrogen-bond donors (Lipinski definition) is 1. The van der Waals surface area contributed by atoms with E-state index in [0.717, 1.165) is 18.3 Å². The second-order valence-corrected chi connectivity index (χ2v) is 4.86. The van der Waals surface area contributed by atoms with E-state index in [2.05, 4.69) is 14.9 Å². The smallest absolute Gasteiger partial charge is 0.171 e. The molecule has 86 valence electrons. The predicted octanol–water partition coefficient (Wildman–Crippen LogP) is 1.83. The third-order valence-corrected chi connectivity index (χ3v) is 3.99. The van der Waals surface area contributed by atoms with Crippen LogP contribution in [0.3, 0.4) is 0 Å². The molecule has 0 bridgehead atoms. The molecule has 1 aromatic rings. The number of nitrogens with zero attached hydrogens (tertiary/aromatic N) is 3. The molecule has 1 saturated carbocycles. The Morgan fingerprint density at radius 3 is 2.81 bits per heavy atom. The van der Waals surface area contributed by atoms with Crippen molar-refractivity contribution in [2.45, 2.75) is 38.1 Å². The van der Waals surface area contributed by atoms with Gasteiger partial charge in [0.15, 0.2) is 11.6 Å². The Kier molecular flexibility index (Phi) is 2.42. The van der Waals surface area contributed by atoms with Gasteiger partial charge in [0.1, 0.15) is 0 Å². The first kappa shape index (κ1) is 9.87. The first-order valence-electron chi connectivity index (χ1n) is 6.19. The molecule has 4 heteroatoms. The van der Waals surface area contributed by atoms with Gasteiger partial charge in [0.05, 0.1) is 0 Å². The molecule has 1 aliphatic carbocycles. The molecule has 4 nitrogen and oxygen atoms in total. The van der Waals surface area contributed by atoms with Crippen LogP contribution in [0.4, 0.5) is 11.6 Å². The molecule has 2 atom stereocenters. The van der Waals surface area contributed by atoms with Crippen molar-refractivity contribution in [2.24, 2.45) is 5.92 Å². The molecule has 2 N–H and O–H groups in total. The summed E-state index contributed by atoms with van der Waals surface area (Å²) in [4.78, 5) is 10.9. The van der Waals surface area contributed by atoms with Crippen molar-refractivity contribution in [1.82, 2.24) is 9.97 Å². The van der Waals surface area contributed by atoms with Gasteiger partial charge in [-0.05, 0) is 25.2 Å². The average Bonchev–Trinajstić information content (AvgIpc) is 2.74. The van der Waals surface area contributed by atoms with Gasteiger partial charge < -0.3 is 10.6 Å². The van der Waals surface area contributed by atoms with Gasteiger partial charge in [0, 0.05) is 25.0 Å². The lowest BCUT2D eigenvalue weighted by atomic mass is 9.85. The number of hydrogen-bond acceptors (Lipinski definition) is 4. The van der Waals surface area contributed by atoms with Crippen molar-refractivity contribution in [2.75, 3.05) is 17.2 Å². The highest BCUT2D eigenvalue weighted by atomic mass is 15.3. The van der Waals surface area contributed by atoms with E-state index >= 15 is 0 Å². The van der Waals surface area contributed by atoms with Gasteiger partial charge in [-0.3, -0.25) is 0 Å². The topological polar surface area (TPSA) is 55.0 Å². The van der Waals surface area contributed by atoms with Crippen LogP contribution < -0.4 is 10.6 Å². The van der Waals surface area contributed by atoms with Gasteiger partial charge in [0.2, 0.25) is 0 Å². The molecule has 0 amide bonds. The van der Waals surface area contributed by atoms with Crippen LogP contribution in [-0.2, 0) is 0 Å². The highest BCUT2D eigenvalue weighted by Crippen LogP contribution is 2.39. The van der Waals surface area contributed by atoms with Crippen molar-refractivity contribution >= 4 is 11.6 Å². The Morgan fingerprint density at radius 1 is 1.12 bits per heavy atom. The van der Waals surface area contributed by atoms with Crippen molar-refractivity contribution in [3.63, 3.8) is 0 Å². The fourth-order valence-corrected chi connectivity index (χ4v) is 3.23. The maximum atomic E-state index is 5.91. The van der Waals surface area contributed by atoms with E-state index in [-0.39, 0.29) is 0 Å². The molecule has 0 radical (unpaired) electrons. The van der Waals surface area contributed by atoms with Crippen molar-refractivity contribution in [1.29, 1.82) is 0 Å². The van der Waals surface area contributed by atoms with Crippen molar-refractivity contribution < 1.29 is 0 Å². The summed E-state index contributed by atoms with van der Waals surface area (Å²) in [6.45, 7) is 1.10. The minimum Gasteiger partial charge on any atom is -0.381 e. The van der Waals surface area contributed by atoms with Crippen molar-refractivity contribution in [3.05, 3.63) is 12.4 Å². The number of rotatable bonds is 1. The quantitative estimate of drug-likeness (QED) is 0.781. The van der Waals surface area contributed by atoms with E-state index in [1.165, 1.54) is 32.1 Å². The fourth-order valence-electron chi connectivity index (χ4n) is 3.23. The molecule has 1 aliphatic heterocycles. The summed E-state index contributed by atoms with van der Waals surface area (Å²) in [5.74, 6) is 2.33. The molecule has 16 heavy (non-hydrogen) atoms. The molecule has 2 aliphatic rings. The third-order valence-electron chi connectivity index (χ3n) is 3.99. The molecule has 2 fully saturated rings. The van der Waals surface area contributed by atoms with E-state index in [9.17, 15) is 0 Å². The van der Waals surface area contributed by atoms with E-state index in [1.807, 2.05) is 0 Å². The van der Waals surface area contributed by atoms with E-state index in [1.54, 1.807) is 12.4 Å². The van der Waals surface area contributed by atoms with Crippen LogP contribution in [0, 0.1) is 5.92 Å². The summed E-state index contributed by atoms with van der Waals surface area (Å²) in [7, 11) is 0. The van der Waals surface area contributed by atoms with E-state index < -0.39 is 0 Å². The third kappa shape index (κ3) is 1.52. The highest BCUT2D eigenvalue weighted by Gasteiger charge is 2.36. The number of nitrogen functional groups attached to an aromatic ring is 1. The average molecular weight is 218 g/mol. The molecule has 3 rings (SSSR count). The maximum absolute atomic E-state index is 5.91. The minimum absolute atomic E-state index is 0.578. The van der Waals surface area contributed by atoms with Gasteiger partial charge in [-0.25, -0.2) is 9.97 Å². The van der Waals surface area contributed by atoms with Gasteiger partial charge in [0.25, 0.3) is 0 Å². The maximum Gasteiger partial charge on any atom is 0.171 e. The summed E-state index contributed by atoms with van der Waals surface area (Å²) in [5, 5.41) is 0. The first-order valence-corrected chi connectivity index (χ1v) is 6.19. The standard InChI is InChI=1S/C12H18N4/c13-11-12(15-7-6-14-11)16-8-5-9-3-1-2-4-10(9)16/h6-7,9-10H,1-5,8H2,(H2,13,14). The van der Waals surface area contributed by atoms with Gasteiger partial charge >= 0.3 is 0 Å². The minimum atomic E-state index is 0.578. The van der Waals surface area contributed by atoms with Crippen LogP contribution in [0.25, 0.3) is 0 Å². The van der Waals surface area contributed by atoms with Gasteiger partial charge in [-0.15, -0.1) is 0 Å².